The number of alkyl halides is 3. The maximum absolute atomic E-state index is 12.7. The van der Waals surface area contributed by atoms with E-state index in [-0.39, 0.29) is 6.04 Å². The highest BCUT2D eigenvalue weighted by Crippen LogP contribution is 2.34. The molecular weight excluding hydrogens is 269 g/mol. The zero-order chi connectivity index (χ0) is 14.8. The molecule has 4 nitrogen and oxygen atoms in total. The first kappa shape index (κ1) is 14.9. The van der Waals surface area contributed by atoms with Gasteiger partial charge in [0.05, 0.1) is 0 Å². The van der Waals surface area contributed by atoms with Crippen LogP contribution in [0.2, 0.25) is 0 Å². The minimum atomic E-state index is -4.22. The van der Waals surface area contributed by atoms with Gasteiger partial charge in [-0.05, 0) is 19.8 Å². The lowest BCUT2D eigenvalue weighted by Gasteiger charge is -2.25. The molecule has 0 radical (unpaired) electrons. The van der Waals surface area contributed by atoms with Crippen LogP contribution in [0.15, 0.2) is 6.07 Å². The number of nitrogens with one attached hydrogen (secondary N) is 1. The largest absolute Gasteiger partial charge is 0.405 e. The van der Waals surface area contributed by atoms with Crippen molar-refractivity contribution < 1.29 is 13.2 Å². The van der Waals surface area contributed by atoms with E-state index in [9.17, 15) is 13.2 Å². The Kier molecular flexibility index (Phi) is 4.35. The Morgan fingerprint density at radius 1 is 1.30 bits per heavy atom. The molecule has 0 spiro atoms. The zero-order valence-corrected chi connectivity index (χ0v) is 11.7. The number of nitrogens with zero attached hydrogens (tertiary/aromatic N) is 3. The van der Waals surface area contributed by atoms with Gasteiger partial charge in [0.15, 0.2) is 0 Å². The first-order chi connectivity index (χ1) is 9.43. The molecule has 0 aromatic carbocycles. The van der Waals surface area contributed by atoms with E-state index in [2.05, 4.69) is 15.3 Å². The summed E-state index contributed by atoms with van der Waals surface area (Å²) in [7, 11) is 0. The number of hydrogen-bond acceptors (Lipinski definition) is 4. The van der Waals surface area contributed by atoms with Crippen LogP contribution in [-0.2, 0) is 6.42 Å². The molecule has 0 saturated heterocycles. The van der Waals surface area contributed by atoms with Crippen LogP contribution >= 0.6 is 0 Å². The maximum atomic E-state index is 12.7. The average Bonchev–Trinajstić information content (AvgIpc) is 3.19. The molecule has 0 aliphatic heterocycles. The molecule has 1 aliphatic rings. The number of halogens is 3. The highest BCUT2D eigenvalue weighted by atomic mass is 19.4. The van der Waals surface area contributed by atoms with Gasteiger partial charge in [-0.2, -0.15) is 13.2 Å². The molecule has 112 valence electrons. The van der Waals surface area contributed by atoms with Crippen molar-refractivity contribution in [3.8, 4) is 0 Å². The van der Waals surface area contributed by atoms with E-state index in [1.165, 1.54) is 4.90 Å². The fourth-order valence-electron chi connectivity index (χ4n) is 2.04. The number of aromatic nitrogens is 2. The minimum absolute atomic E-state index is 0.0503. The fourth-order valence-corrected chi connectivity index (χ4v) is 2.04. The van der Waals surface area contributed by atoms with E-state index in [1.54, 1.807) is 6.07 Å². The van der Waals surface area contributed by atoms with Crippen molar-refractivity contribution in [3.05, 3.63) is 11.9 Å². The van der Waals surface area contributed by atoms with Gasteiger partial charge in [-0.15, -0.1) is 0 Å². The van der Waals surface area contributed by atoms with E-state index in [1.807, 2.05) is 13.8 Å². The molecule has 2 rings (SSSR count). The Hall–Kier alpha value is -1.53. The Balaban J connectivity index is 2.29. The summed E-state index contributed by atoms with van der Waals surface area (Å²) in [6.07, 6.45) is -2.05. The molecule has 20 heavy (non-hydrogen) atoms. The molecule has 1 aromatic heterocycles. The summed E-state index contributed by atoms with van der Waals surface area (Å²) in [5, 5.41) is 3.04. The Labute approximate surface area is 116 Å². The van der Waals surface area contributed by atoms with Gasteiger partial charge in [0.25, 0.3) is 0 Å². The average molecular weight is 288 g/mol. The summed E-state index contributed by atoms with van der Waals surface area (Å²) in [4.78, 5) is 9.87. The molecule has 0 unspecified atom stereocenters. The van der Waals surface area contributed by atoms with E-state index in [0.717, 1.165) is 12.8 Å². The maximum Gasteiger partial charge on any atom is 0.405 e. The smallest absolute Gasteiger partial charge is 0.370 e. The Morgan fingerprint density at radius 3 is 2.50 bits per heavy atom. The second-order valence-electron chi connectivity index (χ2n) is 4.89. The fraction of sp³-hybridized carbons (Fsp3) is 0.692. The predicted octanol–water partition coefficient (Wildman–Crippen LogP) is 3.00. The molecule has 0 atom stereocenters. The summed E-state index contributed by atoms with van der Waals surface area (Å²) >= 11 is 0. The SMILES string of the molecule is CCNc1cc(N(CC(F)(F)F)C2CC2)nc(CC)n1. The van der Waals surface area contributed by atoms with Gasteiger partial charge in [0.1, 0.15) is 24.0 Å². The van der Waals surface area contributed by atoms with Crippen molar-refractivity contribution in [2.45, 2.75) is 45.3 Å². The van der Waals surface area contributed by atoms with Crippen molar-refractivity contribution in [1.29, 1.82) is 0 Å². The molecule has 1 saturated carbocycles. The lowest BCUT2D eigenvalue weighted by molar-refractivity contribution is -0.120. The van der Waals surface area contributed by atoms with Crippen molar-refractivity contribution in [2.75, 3.05) is 23.3 Å². The molecular formula is C13H19F3N4. The molecule has 1 N–H and O–H groups in total. The van der Waals surface area contributed by atoms with Crippen LogP contribution in [0, 0.1) is 0 Å². The first-order valence-electron chi connectivity index (χ1n) is 6.88. The predicted molar refractivity (Wildman–Crippen MR) is 72.0 cm³/mol. The van der Waals surface area contributed by atoms with Crippen molar-refractivity contribution in [3.63, 3.8) is 0 Å². The second kappa shape index (κ2) is 5.85. The summed E-state index contributed by atoms with van der Waals surface area (Å²) in [5.74, 6) is 1.51. The van der Waals surface area contributed by atoms with Crippen LogP contribution in [0.5, 0.6) is 0 Å². The van der Waals surface area contributed by atoms with Crippen molar-refractivity contribution >= 4 is 11.6 Å². The van der Waals surface area contributed by atoms with E-state index in [0.29, 0.717) is 30.4 Å². The van der Waals surface area contributed by atoms with Crippen molar-refractivity contribution in [2.24, 2.45) is 0 Å². The van der Waals surface area contributed by atoms with Crippen LogP contribution in [0.1, 0.15) is 32.5 Å². The zero-order valence-electron chi connectivity index (χ0n) is 11.7. The standard InChI is InChI=1S/C13H19F3N4/c1-3-10-18-11(17-4-2)7-12(19-10)20(9-5-6-9)8-13(14,15)16/h7,9H,3-6,8H2,1-2H3,(H,17,18,19). The number of rotatable bonds is 6. The molecule has 0 amide bonds. The summed E-state index contributed by atoms with van der Waals surface area (Å²) < 4.78 is 38.1. The molecule has 1 aromatic rings. The molecule has 1 aliphatic carbocycles. The second-order valence-corrected chi connectivity index (χ2v) is 4.89. The van der Waals surface area contributed by atoms with Gasteiger partial charge in [0.2, 0.25) is 0 Å². The topological polar surface area (TPSA) is 41.0 Å². The third-order valence-corrected chi connectivity index (χ3v) is 3.06. The van der Waals surface area contributed by atoms with Gasteiger partial charge < -0.3 is 10.2 Å². The van der Waals surface area contributed by atoms with E-state index < -0.39 is 12.7 Å². The lowest BCUT2D eigenvalue weighted by Crippen LogP contribution is -2.36. The summed E-state index contributed by atoms with van der Waals surface area (Å²) in [6, 6.07) is 1.55. The van der Waals surface area contributed by atoms with Crippen molar-refractivity contribution in [1.82, 2.24) is 9.97 Å². The number of anilines is 2. The van der Waals surface area contributed by atoms with Gasteiger partial charge in [-0.1, -0.05) is 6.92 Å². The minimum Gasteiger partial charge on any atom is -0.370 e. The Bertz CT molecular complexity index is 457. The quantitative estimate of drug-likeness (QED) is 0.873. The van der Waals surface area contributed by atoms with Gasteiger partial charge >= 0.3 is 6.18 Å². The molecule has 7 heteroatoms. The normalized spacial score (nSPS) is 15.2. The monoisotopic (exact) mass is 288 g/mol. The van der Waals surface area contributed by atoms with E-state index >= 15 is 0 Å². The molecule has 0 bridgehead atoms. The van der Waals surface area contributed by atoms with Crippen LogP contribution in [0.4, 0.5) is 24.8 Å². The van der Waals surface area contributed by atoms with Gasteiger partial charge in [-0.3, -0.25) is 0 Å². The summed E-state index contributed by atoms with van der Waals surface area (Å²) in [5.41, 5.74) is 0. The molecule has 1 fully saturated rings. The van der Waals surface area contributed by atoms with E-state index in [4.69, 9.17) is 0 Å². The third-order valence-electron chi connectivity index (χ3n) is 3.06. The van der Waals surface area contributed by atoms with Crippen LogP contribution < -0.4 is 10.2 Å². The molecule has 1 heterocycles. The van der Waals surface area contributed by atoms with Gasteiger partial charge in [0, 0.05) is 25.1 Å². The van der Waals surface area contributed by atoms with Crippen LogP contribution in [0.3, 0.4) is 0 Å². The highest BCUT2D eigenvalue weighted by Gasteiger charge is 2.39. The highest BCUT2D eigenvalue weighted by molar-refractivity contribution is 5.51. The number of aryl methyl sites for hydroxylation is 1. The summed E-state index contributed by atoms with van der Waals surface area (Å²) in [6.45, 7) is 3.52. The number of hydrogen-bond donors (Lipinski definition) is 1. The van der Waals surface area contributed by atoms with Crippen LogP contribution in [-0.4, -0.2) is 35.3 Å². The lowest BCUT2D eigenvalue weighted by atomic mass is 10.3. The van der Waals surface area contributed by atoms with Crippen LogP contribution in [0.25, 0.3) is 0 Å². The Morgan fingerprint density at radius 2 is 2.00 bits per heavy atom. The van der Waals surface area contributed by atoms with Gasteiger partial charge in [-0.25, -0.2) is 9.97 Å². The first-order valence-corrected chi connectivity index (χ1v) is 6.88. The third kappa shape index (κ3) is 3.98.